The summed E-state index contributed by atoms with van der Waals surface area (Å²) < 4.78 is 5.41. The van der Waals surface area contributed by atoms with Crippen LogP contribution in [0.2, 0.25) is 0 Å². The molecule has 1 aromatic carbocycles. The second kappa shape index (κ2) is 7.41. The average Bonchev–Trinajstić information content (AvgIpc) is 2.37. The van der Waals surface area contributed by atoms with E-state index in [9.17, 15) is 9.59 Å². The van der Waals surface area contributed by atoms with E-state index in [0.717, 1.165) is 11.3 Å². The van der Waals surface area contributed by atoms with Gasteiger partial charge in [0.15, 0.2) is 0 Å². The molecule has 2 amide bonds. The normalized spacial score (nSPS) is 11.5. The zero-order chi connectivity index (χ0) is 14.3. The molecule has 104 valence electrons. The molecule has 0 saturated carbocycles. The number of carbonyl (C=O) groups is 2. The summed E-state index contributed by atoms with van der Waals surface area (Å²) in [5, 5.41) is 5.27. The van der Waals surface area contributed by atoms with Gasteiger partial charge in [0.05, 0.1) is 19.2 Å². The van der Waals surface area contributed by atoms with Crippen molar-refractivity contribution in [2.75, 3.05) is 13.2 Å². The fraction of sp³-hybridized carbons (Fsp3) is 0.429. The van der Waals surface area contributed by atoms with Crippen LogP contribution in [-0.4, -0.2) is 25.0 Å². The molecule has 0 unspecified atom stereocenters. The number of carbonyl (C=O) groups excluding carboxylic acids is 2. The van der Waals surface area contributed by atoms with Gasteiger partial charge < -0.3 is 15.4 Å². The van der Waals surface area contributed by atoms with Crippen LogP contribution in [0.4, 0.5) is 0 Å². The molecule has 5 nitrogen and oxygen atoms in total. The summed E-state index contributed by atoms with van der Waals surface area (Å²) in [6.07, 6.45) is 0. The lowest BCUT2D eigenvalue weighted by molar-refractivity contribution is -0.125. The van der Waals surface area contributed by atoms with Gasteiger partial charge in [0.2, 0.25) is 11.8 Å². The zero-order valence-electron chi connectivity index (χ0n) is 11.5. The number of ether oxygens (including phenoxy) is 1. The van der Waals surface area contributed by atoms with Crippen molar-refractivity contribution in [3.8, 4) is 5.75 Å². The molecule has 1 rings (SSSR count). The smallest absolute Gasteiger partial charge is 0.239 e. The molecule has 19 heavy (non-hydrogen) atoms. The van der Waals surface area contributed by atoms with Gasteiger partial charge in [-0.05, 0) is 31.5 Å². The lowest BCUT2D eigenvalue weighted by Crippen LogP contribution is -2.37. The lowest BCUT2D eigenvalue weighted by Gasteiger charge is -2.15. The number of hydrogen-bond donors (Lipinski definition) is 2. The first-order chi connectivity index (χ1) is 9.02. The molecule has 0 aliphatic rings. The standard InChI is InChI=1S/C14H20N2O3/c1-4-19-13-7-5-6-12(8-13)10(2)16-14(18)9-15-11(3)17/h5-8,10H,4,9H2,1-3H3,(H,15,17)(H,16,18)/t10-/m0/s1. The Balaban J connectivity index is 2.57. The maximum absolute atomic E-state index is 11.6. The highest BCUT2D eigenvalue weighted by Crippen LogP contribution is 2.18. The van der Waals surface area contributed by atoms with E-state index in [1.54, 1.807) is 0 Å². The second-order valence-electron chi connectivity index (χ2n) is 4.20. The van der Waals surface area contributed by atoms with Crippen molar-refractivity contribution in [2.24, 2.45) is 0 Å². The van der Waals surface area contributed by atoms with Crippen molar-refractivity contribution in [3.05, 3.63) is 29.8 Å². The van der Waals surface area contributed by atoms with Crippen LogP contribution < -0.4 is 15.4 Å². The molecule has 0 fully saturated rings. The van der Waals surface area contributed by atoms with Crippen LogP contribution in [0.5, 0.6) is 5.75 Å². The molecule has 0 aliphatic carbocycles. The molecule has 2 N–H and O–H groups in total. The molecule has 0 bridgehead atoms. The maximum atomic E-state index is 11.6. The van der Waals surface area contributed by atoms with Gasteiger partial charge in [0.1, 0.15) is 5.75 Å². The minimum atomic E-state index is -0.221. The van der Waals surface area contributed by atoms with E-state index in [1.807, 2.05) is 38.1 Å². The number of rotatable bonds is 6. The quantitative estimate of drug-likeness (QED) is 0.816. The van der Waals surface area contributed by atoms with E-state index in [1.165, 1.54) is 6.92 Å². The minimum Gasteiger partial charge on any atom is -0.494 e. The zero-order valence-corrected chi connectivity index (χ0v) is 11.5. The molecular weight excluding hydrogens is 244 g/mol. The second-order valence-corrected chi connectivity index (χ2v) is 4.20. The third kappa shape index (κ3) is 5.42. The first-order valence-corrected chi connectivity index (χ1v) is 6.29. The number of amides is 2. The van der Waals surface area contributed by atoms with E-state index in [2.05, 4.69) is 10.6 Å². The van der Waals surface area contributed by atoms with E-state index in [-0.39, 0.29) is 24.4 Å². The largest absolute Gasteiger partial charge is 0.494 e. The minimum absolute atomic E-state index is 0.00910. The van der Waals surface area contributed by atoms with Crippen molar-refractivity contribution >= 4 is 11.8 Å². The molecule has 1 aromatic rings. The Hall–Kier alpha value is -2.04. The van der Waals surface area contributed by atoms with Crippen molar-refractivity contribution in [1.29, 1.82) is 0 Å². The van der Waals surface area contributed by atoms with Gasteiger partial charge in [-0.15, -0.1) is 0 Å². The van der Waals surface area contributed by atoms with Crippen LogP contribution >= 0.6 is 0 Å². The molecule has 5 heteroatoms. The summed E-state index contributed by atoms with van der Waals surface area (Å²) >= 11 is 0. The van der Waals surface area contributed by atoms with Crippen LogP contribution in [0.25, 0.3) is 0 Å². The number of benzene rings is 1. The number of hydrogen-bond acceptors (Lipinski definition) is 3. The molecular formula is C14H20N2O3. The summed E-state index contributed by atoms with van der Waals surface area (Å²) in [5.41, 5.74) is 0.960. The summed E-state index contributed by atoms with van der Waals surface area (Å²) in [4.78, 5) is 22.3. The van der Waals surface area contributed by atoms with Crippen LogP contribution in [0.1, 0.15) is 32.4 Å². The Morgan fingerprint density at radius 2 is 2.11 bits per heavy atom. The molecule has 0 spiro atoms. The van der Waals surface area contributed by atoms with Crippen LogP contribution in [0.3, 0.4) is 0 Å². The third-order valence-corrected chi connectivity index (χ3v) is 2.54. The summed E-state index contributed by atoms with van der Waals surface area (Å²) in [6, 6.07) is 7.44. The monoisotopic (exact) mass is 264 g/mol. The molecule has 0 aliphatic heterocycles. The van der Waals surface area contributed by atoms with Crippen molar-refractivity contribution in [2.45, 2.75) is 26.8 Å². The van der Waals surface area contributed by atoms with Crippen LogP contribution in [0, 0.1) is 0 Å². The van der Waals surface area contributed by atoms with E-state index in [0.29, 0.717) is 6.61 Å². The Bertz CT molecular complexity index is 446. The Morgan fingerprint density at radius 1 is 1.37 bits per heavy atom. The Labute approximate surface area is 113 Å². The average molecular weight is 264 g/mol. The van der Waals surface area contributed by atoms with Gasteiger partial charge in [-0.1, -0.05) is 12.1 Å². The van der Waals surface area contributed by atoms with Crippen molar-refractivity contribution in [3.63, 3.8) is 0 Å². The van der Waals surface area contributed by atoms with Gasteiger partial charge in [0, 0.05) is 6.92 Å². The fourth-order valence-electron chi connectivity index (χ4n) is 1.62. The predicted molar refractivity (Wildman–Crippen MR) is 72.9 cm³/mol. The predicted octanol–water partition coefficient (Wildman–Crippen LogP) is 1.40. The summed E-state index contributed by atoms with van der Waals surface area (Å²) in [7, 11) is 0. The molecule has 1 atom stereocenters. The van der Waals surface area contributed by atoms with Gasteiger partial charge in [0.25, 0.3) is 0 Å². The summed E-state index contributed by atoms with van der Waals surface area (Å²) in [5.74, 6) is 0.341. The highest BCUT2D eigenvalue weighted by atomic mass is 16.5. The topological polar surface area (TPSA) is 67.4 Å². The van der Waals surface area contributed by atoms with Gasteiger partial charge in [-0.2, -0.15) is 0 Å². The Morgan fingerprint density at radius 3 is 2.74 bits per heavy atom. The van der Waals surface area contributed by atoms with E-state index < -0.39 is 0 Å². The van der Waals surface area contributed by atoms with Crippen LogP contribution in [0.15, 0.2) is 24.3 Å². The third-order valence-electron chi connectivity index (χ3n) is 2.54. The van der Waals surface area contributed by atoms with Crippen molar-refractivity contribution in [1.82, 2.24) is 10.6 Å². The first kappa shape index (κ1) is 15.0. The molecule has 0 heterocycles. The van der Waals surface area contributed by atoms with E-state index >= 15 is 0 Å². The maximum Gasteiger partial charge on any atom is 0.239 e. The highest BCUT2D eigenvalue weighted by molar-refractivity contribution is 5.83. The lowest BCUT2D eigenvalue weighted by atomic mass is 10.1. The molecule has 0 radical (unpaired) electrons. The van der Waals surface area contributed by atoms with Gasteiger partial charge in [-0.3, -0.25) is 9.59 Å². The van der Waals surface area contributed by atoms with Crippen molar-refractivity contribution < 1.29 is 14.3 Å². The SMILES string of the molecule is CCOc1cccc([C@H](C)NC(=O)CNC(C)=O)c1. The highest BCUT2D eigenvalue weighted by Gasteiger charge is 2.10. The first-order valence-electron chi connectivity index (χ1n) is 6.29. The number of nitrogens with one attached hydrogen (secondary N) is 2. The Kier molecular flexibility index (Phi) is 5.85. The van der Waals surface area contributed by atoms with Crippen LogP contribution in [-0.2, 0) is 9.59 Å². The van der Waals surface area contributed by atoms with Gasteiger partial charge >= 0.3 is 0 Å². The molecule has 0 saturated heterocycles. The summed E-state index contributed by atoms with van der Waals surface area (Å²) in [6.45, 7) is 5.78. The molecule has 0 aromatic heterocycles. The fourth-order valence-corrected chi connectivity index (χ4v) is 1.62. The van der Waals surface area contributed by atoms with Gasteiger partial charge in [-0.25, -0.2) is 0 Å². The van der Waals surface area contributed by atoms with E-state index in [4.69, 9.17) is 4.74 Å².